The average Bonchev–Trinajstić information content (AvgIpc) is 1.77. The summed E-state index contributed by atoms with van der Waals surface area (Å²) < 4.78 is 0. The fourth-order valence-corrected chi connectivity index (χ4v) is 0.563. The number of aromatic hydroxyl groups is 1. The highest BCUT2D eigenvalue weighted by Gasteiger charge is 1.86. The number of para-hydroxylation sites is 1. The summed E-state index contributed by atoms with van der Waals surface area (Å²) in [7, 11) is 0. The second-order valence-corrected chi connectivity index (χ2v) is 1.79. The van der Waals surface area contributed by atoms with Crippen LogP contribution in [-0.2, 0) is 0 Å². The lowest BCUT2D eigenvalue weighted by molar-refractivity contribution is 0.471. The van der Waals surface area contributed by atoms with Crippen molar-refractivity contribution in [2.45, 2.75) is 6.92 Å². The van der Waals surface area contributed by atoms with Gasteiger partial charge in [-0.3, -0.25) is 4.70 Å². The second-order valence-electron chi connectivity index (χ2n) is 1.79. The highest BCUT2D eigenvalue weighted by molar-refractivity contribution is 5.29. The summed E-state index contributed by atoms with van der Waals surface area (Å²) in [5, 5.41) is 8.92. The highest BCUT2D eigenvalue weighted by Crippen LogP contribution is 2.12. The lowest BCUT2D eigenvalue weighted by atomic mass is 10.2. The van der Waals surface area contributed by atoms with Crippen LogP contribution in [0.25, 0.3) is 0 Å². The van der Waals surface area contributed by atoms with Gasteiger partial charge >= 0.3 is 0 Å². The standard InChI is InChI=1S/C7H8O.FH/c1-6-4-2-3-5-7(6)8;/h2-5,8H,1H3;1H. The molecule has 0 radical (unpaired) electrons. The molecule has 0 heterocycles. The molecule has 1 aromatic rings. The molecule has 1 N–H and O–H groups in total. The SMILES string of the molecule is Cc1ccccc1O.F. The van der Waals surface area contributed by atoms with Crippen molar-refractivity contribution < 1.29 is 9.81 Å². The van der Waals surface area contributed by atoms with E-state index in [1.54, 1.807) is 6.07 Å². The normalized spacial score (nSPS) is 8.11. The van der Waals surface area contributed by atoms with Gasteiger partial charge in [0.25, 0.3) is 0 Å². The molecular weight excluding hydrogens is 119 g/mol. The molecule has 0 aromatic heterocycles. The monoisotopic (exact) mass is 128 g/mol. The molecule has 1 nitrogen and oxygen atoms in total. The Morgan fingerprint density at radius 2 is 1.78 bits per heavy atom. The number of hydrogen-bond donors (Lipinski definition) is 1. The van der Waals surface area contributed by atoms with Crippen LogP contribution in [0.3, 0.4) is 0 Å². The molecule has 0 saturated carbocycles. The molecule has 0 fully saturated rings. The van der Waals surface area contributed by atoms with E-state index in [4.69, 9.17) is 5.11 Å². The van der Waals surface area contributed by atoms with Crippen LogP contribution < -0.4 is 0 Å². The van der Waals surface area contributed by atoms with Gasteiger partial charge in [0.1, 0.15) is 5.75 Å². The molecular formula is C7H9FO. The van der Waals surface area contributed by atoms with E-state index in [0.29, 0.717) is 5.75 Å². The van der Waals surface area contributed by atoms with Crippen LogP contribution in [0.2, 0.25) is 0 Å². The number of benzene rings is 1. The van der Waals surface area contributed by atoms with Gasteiger partial charge in [-0.15, -0.1) is 0 Å². The Bertz CT molecular complexity index is 165. The van der Waals surface area contributed by atoms with E-state index >= 15 is 0 Å². The van der Waals surface area contributed by atoms with Crippen LogP contribution in [0.1, 0.15) is 5.56 Å². The first kappa shape index (κ1) is 7.95. The third-order valence-electron chi connectivity index (χ3n) is 1.12. The van der Waals surface area contributed by atoms with Crippen molar-refractivity contribution in [3.63, 3.8) is 0 Å². The van der Waals surface area contributed by atoms with E-state index in [9.17, 15) is 0 Å². The van der Waals surface area contributed by atoms with Crippen molar-refractivity contribution in [3.8, 4) is 5.75 Å². The maximum Gasteiger partial charge on any atom is 0.118 e. The predicted molar refractivity (Wildman–Crippen MR) is 35.3 cm³/mol. The van der Waals surface area contributed by atoms with Crippen molar-refractivity contribution in [2.75, 3.05) is 0 Å². The van der Waals surface area contributed by atoms with Gasteiger partial charge in [-0.05, 0) is 18.6 Å². The zero-order valence-corrected chi connectivity index (χ0v) is 5.16. The summed E-state index contributed by atoms with van der Waals surface area (Å²) in [6.07, 6.45) is 0. The molecule has 9 heavy (non-hydrogen) atoms. The van der Waals surface area contributed by atoms with Crippen LogP contribution in [0.15, 0.2) is 24.3 Å². The van der Waals surface area contributed by atoms with E-state index in [-0.39, 0.29) is 4.70 Å². The molecule has 0 unspecified atom stereocenters. The first-order valence-corrected chi connectivity index (χ1v) is 2.55. The summed E-state index contributed by atoms with van der Waals surface area (Å²) in [6, 6.07) is 7.25. The van der Waals surface area contributed by atoms with Crippen LogP contribution in [0, 0.1) is 6.92 Å². The van der Waals surface area contributed by atoms with Crippen LogP contribution in [-0.4, -0.2) is 5.11 Å². The summed E-state index contributed by atoms with van der Waals surface area (Å²) in [4.78, 5) is 0. The van der Waals surface area contributed by atoms with E-state index in [0.717, 1.165) is 5.56 Å². The Kier molecular flexibility index (Phi) is 2.71. The largest absolute Gasteiger partial charge is 0.508 e. The van der Waals surface area contributed by atoms with Gasteiger partial charge in [0.15, 0.2) is 0 Å². The van der Waals surface area contributed by atoms with Gasteiger partial charge in [-0.25, -0.2) is 0 Å². The zero-order valence-electron chi connectivity index (χ0n) is 5.16. The molecule has 1 rings (SSSR count). The fourth-order valence-electron chi connectivity index (χ4n) is 0.563. The van der Waals surface area contributed by atoms with Crippen LogP contribution in [0.5, 0.6) is 5.75 Å². The number of rotatable bonds is 0. The molecule has 0 aliphatic rings. The maximum atomic E-state index is 8.92. The molecule has 0 aliphatic carbocycles. The van der Waals surface area contributed by atoms with E-state index in [1.165, 1.54) is 0 Å². The Morgan fingerprint density at radius 1 is 1.22 bits per heavy atom. The lowest BCUT2D eigenvalue weighted by Crippen LogP contribution is -1.68. The van der Waals surface area contributed by atoms with Crippen molar-refractivity contribution >= 4 is 0 Å². The molecule has 0 aliphatic heterocycles. The lowest BCUT2D eigenvalue weighted by Gasteiger charge is -1.92. The molecule has 50 valence electrons. The minimum atomic E-state index is 0. The number of phenols is 1. The maximum absolute atomic E-state index is 8.92. The third kappa shape index (κ3) is 1.72. The van der Waals surface area contributed by atoms with E-state index in [2.05, 4.69) is 0 Å². The number of aryl methyl sites for hydroxylation is 1. The summed E-state index contributed by atoms with van der Waals surface area (Å²) in [6.45, 7) is 1.87. The van der Waals surface area contributed by atoms with Gasteiger partial charge in [-0.1, -0.05) is 18.2 Å². The van der Waals surface area contributed by atoms with Gasteiger partial charge < -0.3 is 5.11 Å². The van der Waals surface area contributed by atoms with Crippen molar-refractivity contribution in [3.05, 3.63) is 29.8 Å². The average molecular weight is 128 g/mol. The van der Waals surface area contributed by atoms with Crippen molar-refractivity contribution in [2.24, 2.45) is 0 Å². The van der Waals surface area contributed by atoms with Crippen LogP contribution >= 0.6 is 0 Å². The quantitative estimate of drug-likeness (QED) is 0.565. The zero-order chi connectivity index (χ0) is 5.98. The number of phenolic OH excluding ortho intramolecular Hbond substituents is 1. The second kappa shape index (κ2) is 3.07. The summed E-state index contributed by atoms with van der Waals surface area (Å²) >= 11 is 0. The van der Waals surface area contributed by atoms with Gasteiger partial charge in [-0.2, -0.15) is 0 Å². The first-order chi connectivity index (χ1) is 3.80. The fraction of sp³-hybridized carbons (Fsp3) is 0.143. The Balaban J connectivity index is 0.000000640. The topological polar surface area (TPSA) is 20.2 Å². The van der Waals surface area contributed by atoms with E-state index < -0.39 is 0 Å². The Labute approximate surface area is 53.3 Å². The molecule has 2 heteroatoms. The molecule has 0 spiro atoms. The molecule has 0 bridgehead atoms. The molecule has 0 atom stereocenters. The molecule has 0 amide bonds. The Hall–Kier alpha value is -1.05. The predicted octanol–water partition coefficient (Wildman–Crippen LogP) is 1.85. The molecule has 1 aromatic carbocycles. The first-order valence-electron chi connectivity index (χ1n) is 2.55. The minimum absolute atomic E-state index is 0. The Morgan fingerprint density at radius 3 is 2.11 bits per heavy atom. The van der Waals surface area contributed by atoms with Crippen molar-refractivity contribution in [1.82, 2.24) is 0 Å². The third-order valence-corrected chi connectivity index (χ3v) is 1.12. The van der Waals surface area contributed by atoms with Crippen molar-refractivity contribution in [1.29, 1.82) is 0 Å². The smallest absolute Gasteiger partial charge is 0.118 e. The van der Waals surface area contributed by atoms with Gasteiger partial charge in [0.2, 0.25) is 0 Å². The number of halogens is 1. The highest BCUT2D eigenvalue weighted by atomic mass is 19.0. The number of hydrogen-bond acceptors (Lipinski definition) is 1. The van der Waals surface area contributed by atoms with Crippen LogP contribution in [0.4, 0.5) is 4.70 Å². The minimum Gasteiger partial charge on any atom is -0.508 e. The summed E-state index contributed by atoms with van der Waals surface area (Å²) in [5.41, 5.74) is 0.924. The molecule has 0 saturated heterocycles. The van der Waals surface area contributed by atoms with Gasteiger partial charge in [0, 0.05) is 0 Å². The summed E-state index contributed by atoms with van der Waals surface area (Å²) in [5.74, 6) is 0.368. The van der Waals surface area contributed by atoms with Gasteiger partial charge in [0.05, 0.1) is 0 Å². The van der Waals surface area contributed by atoms with E-state index in [1.807, 2.05) is 25.1 Å².